The Morgan fingerprint density at radius 3 is 2.75 bits per heavy atom. The highest BCUT2D eigenvalue weighted by molar-refractivity contribution is 5.77. The van der Waals surface area contributed by atoms with Gasteiger partial charge >= 0.3 is 6.09 Å². The first-order valence-corrected chi connectivity index (χ1v) is 5.38. The van der Waals surface area contributed by atoms with Crippen molar-refractivity contribution in [2.24, 2.45) is 0 Å². The maximum atomic E-state index is 11.3. The minimum Gasteiger partial charge on any atom is -0.443 e. The molecule has 1 saturated heterocycles. The quantitative estimate of drug-likeness (QED) is 0.595. The Labute approximate surface area is 95.1 Å². The molecule has 0 saturated carbocycles. The zero-order valence-electron chi connectivity index (χ0n) is 9.92. The lowest BCUT2D eigenvalue weighted by Gasteiger charge is -2.25. The molecule has 1 atom stereocenters. The van der Waals surface area contributed by atoms with Gasteiger partial charge in [0.25, 0.3) is 0 Å². The van der Waals surface area contributed by atoms with Crippen LogP contribution in [0.2, 0.25) is 0 Å². The van der Waals surface area contributed by atoms with E-state index in [1.807, 2.05) is 0 Å². The molecule has 0 aliphatic carbocycles. The lowest BCUT2D eigenvalue weighted by atomic mass is 10.1. The number of hydrogen-bond donors (Lipinski definition) is 3. The van der Waals surface area contributed by atoms with Crippen LogP contribution in [0.4, 0.5) is 4.79 Å². The average Bonchev–Trinajstić information content (AvgIpc) is 2.12. The van der Waals surface area contributed by atoms with Gasteiger partial charge in [-0.3, -0.25) is 10.2 Å². The van der Waals surface area contributed by atoms with Gasteiger partial charge in [0.15, 0.2) is 0 Å². The molecule has 0 aromatic carbocycles. The predicted octanol–water partition coefficient (Wildman–Crippen LogP) is 0.294. The highest BCUT2D eigenvalue weighted by Crippen LogP contribution is 2.06. The third kappa shape index (κ3) is 4.97. The SMILES string of the molecule is CC(C)(C)OC(=O)NNC1CCNC(=O)C1. The van der Waals surface area contributed by atoms with Crippen molar-refractivity contribution < 1.29 is 14.3 Å². The van der Waals surface area contributed by atoms with Crippen molar-refractivity contribution in [3.05, 3.63) is 0 Å². The summed E-state index contributed by atoms with van der Waals surface area (Å²) in [7, 11) is 0. The van der Waals surface area contributed by atoms with Gasteiger partial charge < -0.3 is 10.1 Å². The normalized spacial score (nSPS) is 21.2. The Morgan fingerprint density at radius 1 is 1.50 bits per heavy atom. The summed E-state index contributed by atoms with van der Waals surface area (Å²) in [5, 5.41) is 2.71. The maximum absolute atomic E-state index is 11.3. The molecule has 92 valence electrons. The van der Waals surface area contributed by atoms with Crippen molar-refractivity contribution in [1.29, 1.82) is 0 Å². The number of hydrazine groups is 1. The molecule has 6 nitrogen and oxygen atoms in total. The minimum absolute atomic E-state index is 0.00487. The first kappa shape index (κ1) is 12.8. The first-order chi connectivity index (χ1) is 7.37. The lowest BCUT2D eigenvalue weighted by molar-refractivity contribution is -0.122. The Hall–Kier alpha value is -1.30. The lowest BCUT2D eigenvalue weighted by Crippen LogP contribution is -2.51. The van der Waals surface area contributed by atoms with Gasteiger partial charge in [-0.05, 0) is 27.2 Å². The summed E-state index contributed by atoms with van der Waals surface area (Å²) in [6.45, 7) is 6.01. The zero-order valence-corrected chi connectivity index (χ0v) is 9.92. The predicted molar refractivity (Wildman–Crippen MR) is 58.5 cm³/mol. The summed E-state index contributed by atoms with van der Waals surface area (Å²) >= 11 is 0. The number of carbonyl (C=O) groups is 2. The van der Waals surface area contributed by atoms with Crippen LogP contribution >= 0.6 is 0 Å². The fourth-order valence-corrected chi connectivity index (χ4v) is 1.37. The Kier molecular flexibility index (Phi) is 4.12. The smallest absolute Gasteiger partial charge is 0.422 e. The van der Waals surface area contributed by atoms with Crippen molar-refractivity contribution in [2.75, 3.05) is 6.54 Å². The van der Waals surface area contributed by atoms with Gasteiger partial charge in [-0.1, -0.05) is 0 Å². The van der Waals surface area contributed by atoms with Crippen LogP contribution < -0.4 is 16.2 Å². The van der Waals surface area contributed by atoms with E-state index in [0.717, 1.165) is 6.42 Å². The summed E-state index contributed by atoms with van der Waals surface area (Å²) in [5.41, 5.74) is 4.71. The average molecular weight is 229 g/mol. The van der Waals surface area contributed by atoms with Crippen LogP contribution in [-0.2, 0) is 9.53 Å². The molecule has 0 spiro atoms. The van der Waals surface area contributed by atoms with Crippen LogP contribution in [0.5, 0.6) is 0 Å². The zero-order chi connectivity index (χ0) is 12.2. The maximum Gasteiger partial charge on any atom is 0.422 e. The largest absolute Gasteiger partial charge is 0.443 e. The summed E-state index contributed by atoms with van der Waals surface area (Å²) in [5.74, 6) is -0.00487. The second-order valence-electron chi connectivity index (χ2n) is 4.81. The van der Waals surface area contributed by atoms with Crippen LogP contribution in [0.25, 0.3) is 0 Å². The van der Waals surface area contributed by atoms with E-state index in [1.165, 1.54) is 0 Å². The molecule has 2 amide bonds. The summed E-state index contributed by atoms with van der Waals surface area (Å²) in [6, 6.07) is -0.0266. The van der Waals surface area contributed by atoms with Gasteiger partial charge in [0.2, 0.25) is 5.91 Å². The molecule has 3 N–H and O–H groups in total. The van der Waals surface area contributed by atoms with E-state index in [-0.39, 0.29) is 11.9 Å². The molecule has 1 heterocycles. The number of ether oxygens (including phenoxy) is 1. The fraction of sp³-hybridized carbons (Fsp3) is 0.800. The number of piperidine rings is 1. The first-order valence-electron chi connectivity index (χ1n) is 5.38. The number of rotatable bonds is 2. The number of nitrogens with one attached hydrogen (secondary N) is 3. The Bertz CT molecular complexity index is 273. The fourth-order valence-electron chi connectivity index (χ4n) is 1.37. The second-order valence-corrected chi connectivity index (χ2v) is 4.81. The van der Waals surface area contributed by atoms with Gasteiger partial charge in [0, 0.05) is 19.0 Å². The van der Waals surface area contributed by atoms with E-state index in [1.54, 1.807) is 20.8 Å². The molecule has 16 heavy (non-hydrogen) atoms. The summed E-state index contributed by atoms with van der Waals surface area (Å²) in [6.07, 6.45) is 0.635. The van der Waals surface area contributed by atoms with Crippen molar-refractivity contribution in [2.45, 2.75) is 45.3 Å². The third-order valence-corrected chi connectivity index (χ3v) is 2.02. The van der Waals surface area contributed by atoms with Crippen LogP contribution in [0, 0.1) is 0 Å². The van der Waals surface area contributed by atoms with E-state index in [9.17, 15) is 9.59 Å². The van der Waals surface area contributed by atoms with Gasteiger partial charge in [-0.25, -0.2) is 10.2 Å². The topological polar surface area (TPSA) is 79.5 Å². The third-order valence-electron chi connectivity index (χ3n) is 2.02. The molecule has 0 radical (unpaired) electrons. The van der Waals surface area contributed by atoms with Crippen molar-refractivity contribution >= 4 is 12.0 Å². The van der Waals surface area contributed by atoms with Crippen molar-refractivity contribution in [3.63, 3.8) is 0 Å². The highest BCUT2D eigenvalue weighted by Gasteiger charge is 2.20. The van der Waals surface area contributed by atoms with Gasteiger partial charge in [-0.2, -0.15) is 0 Å². The molecule has 1 rings (SSSR count). The number of amides is 2. The monoisotopic (exact) mass is 229 g/mol. The molecule has 0 aromatic rings. The van der Waals surface area contributed by atoms with Gasteiger partial charge in [0.05, 0.1) is 0 Å². The van der Waals surface area contributed by atoms with Crippen LogP contribution in [0.1, 0.15) is 33.6 Å². The molecule has 1 aliphatic rings. The van der Waals surface area contributed by atoms with E-state index in [2.05, 4.69) is 16.2 Å². The molecule has 0 aromatic heterocycles. The van der Waals surface area contributed by atoms with E-state index in [0.29, 0.717) is 13.0 Å². The molecular formula is C10H19N3O3. The molecule has 1 aliphatic heterocycles. The molecular weight excluding hydrogens is 210 g/mol. The molecule has 1 unspecified atom stereocenters. The highest BCUT2D eigenvalue weighted by atomic mass is 16.6. The van der Waals surface area contributed by atoms with E-state index >= 15 is 0 Å². The molecule has 1 fully saturated rings. The van der Waals surface area contributed by atoms with Crippen molar-refractivity contribution in [3.8, 4) is 0 Å². The van der Waals surface area contributed by atoms with Crippen LogP contribution in [-0.4, -0.2) is 30.2 Å². The summed E-state index contributed by atoms with van der Waals surface area (Å²) in [4.78, 5) is 22.3. The van der Waals surface area contributed by atoms with Crippen molar-refractivity contribution in [1.82, 2.24) is 16.2 Å². The van der Waals surface area contributed by atoms with Crippen LogP contribution in [0.15, 0.2) is 0 Å². The number of hydrogen-bond acceptors (Lipinski definition) is 4. The Morgan fingerprint density at radius 2 is 2.19 bits per heavy atom. The van der Waals surface area contributed by atoms with Gasteiger partial charge in [-0.15, -0.1) is 0 Å². The second kappa shape index (κ2) is 5.16. The summed E-state index contributed by atoms with van der Waals surface area (Å²) < 4.78 is 5.04. The molecule has 6 heteroatoms. The molecule has 0 bridgehead atoms. The number of carbonyl (C=O) groups excluding carboxylic acids is 2. The minimum atomic E-state index is -0.529. The Balaban J connectivity index is 2.23. The van der Waals surface area contributed by atoms with Crippen LogP contribution in [0.3, 0.4) is 0 Å². The van der Waals surface area contributed by atoms with E-state index in [4.69, 9.17) is 4.74 Å². The van der Waals surface area contributed by atoms with E-state index < -0.39 is 11.7 Å². The standard InChI is InChI=1S/C10H19N3O3/c1-10(2,3)16-9(15)13-12-7-4-5-11-8(14)6-7/h7,12H,4-6H2,1-3H3,(H,11,14)(H,13,15). The van der Waals surface area contributed by atoms with Gasteiger partial charge in [0.1, 0.15) is 5.60 Å².